The van der Waals surface area contributed by atoms with Crippen LogP contribution in [0.25, 0.3) is 10.8 Å². The molecule has 0 heterocycles. The molecule has 0 atom stereocenters. The van der Waals surface area contributed by atoms with Crippen LogP contribution < -0.4 is 0 Å². The molecule has 0 spiro atoms. The molecule has 2 aromatic carbocycles. The number of rotatable bonds is 1. The lowest BCUT2D eigenvalue weighted by atomic mass is 10.0. The van der Waals surface area contributed by atoms with Crippen LogP contribution in [0.5, 0.6) is 5.75 Å². The Morgan fingerprint density at radius 3 is 2.35 bits per heavy atom. The van der Waals surface area contributed by atoms with E-state index in [9.17, 15) is 18.1 Å². The molecule has 17 heavy (non-hydrogen) atoms. The van der Waals surface area contributed by atoms with Gasteiger partial charge >= 0.3 is 0 Å². The molecule has 90 valence electrons. The van der Waals surface area contributed by atoms with E-state index >= 15 is 0 Å². The predicted octanol–water partition coefficient (Wildman–Crippen LogP) is 2.41. The van der Waals surface area contributed by atoms with Gasteiger partial charge in [-0.1, -0.05) is 23.8 Å². The first-order chi connectivity index (χ1) is 7.80. The molecule has 2 N–H and O–H groups in total. The minimum Gasteiger partial charge on any atom is -0.508 e. The summed E-state index contributed by atoms with van der Waals surface area (Å²) in [5, 5.41) is 10.7. The maximum Gasteiger partial charge on any atom is 0.295 e. The number of fused-ring (bicyclic) bond motifs is 1. The van der Waals surface area contributed by atoms with Crippen LogP contribution in [-0.4, -0.2) is 18.1 Å². The van der Waals surface area contributed by atoms with Crippen LogP contribution in [0.4, 0.5) is 0 Å². The van der Waals surface area contributed by atoms with E-state index < -0.39 is 10.1 Å². The van der Waals surface area contributed by atoms with Gasteiger partial charge in [0.05, 0.1) is 0 Å². The quantitative estimate of drug-likeness (QED) is 0.764. The Morgan fingerprint density at radius 2 is 1.76 bits per heavy atom. The smallest absolute Gasteiger partial charge is 0.295 e. The van der Waals surface area contributed by atoms with Gasteiger partial charge < -0.3 is 5.11 Å². The lowest BCUT2D eigenvalue weighted by molar-refractivity contribution is 0.463. The molecule has 0 aliphatic carbocycles. The van der Waals surface area contributed by atoms with Gasteiger partial charge in [-0.05, 0) is 25.3 Å². The van der Waals surface area contributed by atoms with Crippen LogP contribution in [-0.2, 0) is 10.1 Å². The van der Waals surface area contributed by atoms with E-state index in [1.54, 1.807) is 18.2 Å². The van der Waals surface area contributed by atoms with Crippen LogP contribution in [0.3, 0.4) is 0 Å². The van der Waals surface area contributed by atoms with E-state index in [1.807, 2.05) is 6.92 Å². The minimum atomic E-state index is -4.36. The van der Waals surface area contributed by atoms with Crippen LogP contribution in [0.2, 0.25) is 0 Å². The third-order valence-corrected chi connectivity index (χ3v) is 3.77. The molecule has 0 unspecified atom stereocenters. The zero-order valence-corrected chi connectivity index (χ0v) is 10.2. The first kappa shape index (κ1) is 11.9. The molecular formula is C12H12O4S. The third kappa shape index (κ3) is 1.99. The van der Waals surface area contributed by atoms with Crippen molar-refractivity contribution in [1.29, 1.82) is 0 Å². The van der Waals surface area contributed by atoms with Gasteiger partial charge in [0.25, 0.3) is 10.1 Å². The molecule has 0 radical (unpaired) electrons. The van der Waals surface area contributed by atoms with Crippen molar-refractivity contribution >= 4 is 20.9 Å². The highest BCUT2D eigenvalue weighted by molar-refractivity contribution is 7.86. The second kappa shape index (κ2) is 3.72. The number of aryl methyl sites for hydroxylation is 1. The van der Waals surface area contributed by atoms with Crippen LogP contribution >= 0.6 is 0 Å². The van der Waals surface area contributed by atoms with Crippen LogP contribution in [0.1, 0.15) is 11.1 Å². The number of benzene rings is 2. The number of hydrogen-bond acceptors (Lipinski definition) is 3. The lowest BCUT2D eigenvalue weighted by Gasteiger charge is -2.10. The molecule has 0 saturated heterocycles. The fraction of sp³-hybridized carbons (Fsp3) is 0.167. The second-order valence-electron chi connectivity index (χ2n) is 4.05. The molecule has 0 aromatic heterocycles. The molecule has 0 bridgehead atoms. The molecule has 5 heteroatoms. The largest absolute Gasteiger partial charge is 0.508 e. The van der Waals surface area contributed by atoms with E-state index in [4.69, 9.17) is 0 Å². The van der Waals surface area contributed by atoms with Gasteiger partial charge in [0.1, 0.15) is 10.6 Å². The van der Waals surface area contributed by atoms with E-state index in [0.29, 0.717) is 10.8 Å². The topological polar surface area (TPSA) is 74.6 Å². The highest BCUT2D eigenvalue weighted by Gasteiger charge is 2.20. The summed E-state index contributed by atoms with van der Waals surface area (Å²) in [6.07, 6.45) is 0. The summed E-state index contributed by atoms with van der Waals surface area (Å²) in [6.45, 7) is 3.32. The van der Waals surface area contributed by atoms with Crippen molar-refractivity contribution in [3.05, 3.63) is 35.4 Å². The van der Waals surface area contributed by atoms with Crippen molar-refractivity contribution in [3.63, 3.8) is 0 Å². The Kier molecular flexibility index (Phi) is 2.60. The third-order valence-electron chi connectivity index (χ3n) is 2.73. The Morgan fingerprint density at radius 1 is 1.12 bits per heavy atom. The highest BCUT2D eigenvalue weighted by atomic mass is 32.2. The second-order valence-corrected chi connectivity index (χ2v) is 5.41. The number of phenolic OH excluding ortho intramolecular Hbond substituents is 1. The van der Waals surface area contributed by atoms with Gasteiger partial charge in [-0.25, -0.2) is 0 Å². The predicted molar refractivity (Wildman–Crippen MR) is 64.9 cm³/mol. The number of aromatic hydroxyl groups is 1. The summed E-state index contributed by atoms with van der Waals surface area (Å²) in [5.41, 5.74) is 1.10. The van der Waals surface area contributed by atoms with Crippen LogP contribution in [0, 0.1) is 13.8 Å². The minimum absolute atomic E-state index is 0.143. The summed E-state index contributed by atoms with van der Waals surface area (Å²) >= 11 is 0. The SMILES string of the molecule is Cc1ccc2c(S(=O)(=O)O)c(C)c(O)cc2c1. The van der Waals surface area contributed by atoms with Gasteiger partial charge in [0.2, 0.25) is 0 Å². The number of hydrogen-bond donors (Lipinski definition) is 2. The maximum atomic E-state index is 11.3. The average molecular weight is 252 g/mol. The van der Waals surface area contributed by atoms with Crippen molar-refractivity contribution < 1.29 is 18.1 Å². The molecule has 0 aliphatic heterocycles. The van der Waals surface area contributed by atoms with Crippen molar-refractivity contribution in [1.82, 2.24) is 0 Å². The molecule has 0 saturated carbocycles. The van der Waals surface area contributed by atoms with Gasteiger partial charge in [-0.3, -0.25) is 4.55 Å². The van der Waals surface area contributed by atoms with E-state index in [0.717, 1.165) is 5.56 Å². The Hall–Kier alpha value is -1.59. The highest BCUT2D eigenvalue weighted by Crippen LogP contribution is 2.33. The van der Waals surface area contributed by atoms with Gasteiger partial charge in [0, 0.05) is 10.9 Å². The summed E-state index contributed by atoms with van der Waals surface area (Å²) in [4.78, 5) is -0.229. The molecular weight excluding hydrogens is 240 g/mol. The van der Waals surface area contributed by atoms with Crippen molar-refractivity contribution in [2.45, 2.75) is 18.7 Å². The van der Waals surface area contributed by atoms with Crippen molar-refractivity contribution in [2.75, 3.05) is 0 Å². The molecule has 4 nitrogen and oxygen atoms in total. The summed E-state index contributed by atoms with van der Waals surface area (Å²) < 4.78 is 31.9. The zero-order valence-electron chi connectivity index (χ0n) is 9.43. The van der Waals surface area contributed by atoms with Crippen LogP contribution in [0.15, 0.2) is 29.2 Å². The number of phenols is 1. The van der Waals surface area contributed by atoms with Crippen molar-refractivity contribution in [3.8, 4) is 5.75 Å². The van der Waals surface area contributed by atoms with E-state index in [-0.39, 0.29) is 16.2 Å². The van der Waals surface area contributed by atoms with Gasteiger partial charge in [0.15, 0.2) is 0 Å². The Labute approximate surface area is 99.3 Å². The summed E-state index contributed by atoms with van der Waals surface area (Å²) in [7, 11) is -4.36. The molecule has 2 rings (SSSR count). The van der Waals surface area contributed by atoms with Crippen molar-refractivity contribution in [2.24, 2.45) is 0 Å². The first-order valence-electron chi connectivity index (χ1n) is 5.01. The van der Waals surface area contributed by atoms with E-state index in [1.165, 1.54) is 13.0 Å². The summed E-state index contributed by atoms with van der Waals surface area (Å²) in [5.74, 6) is -0.143. The molecule has 2 aromatic rings. The Balaban J connectivity index is 3.03. The fourth-order valence-corrected chi connectivity index (χ4v) is 2.87. The van der Waals surface area contributed by atoms with Gasteiger partial charge in [-0.15, -0.1) is 0 Å². The normalized spacial score (nSPS) is 11.9. The monoisotopic (exact) mass is 252 g/mol. The lowest BCUT2D eigenvalue weighted by Crippen LogP contribution is -2.02. The van der Waals surface area contributed by atoms with E-state index in [2.05, 4.69) is 0 Å². The first-order valence-corrected chi connectivity index (χ1v) is 6.45. The molecule has 0 amide bonds. The molecule has 0 aliphatic rings. The fourth-order valence-electron chi connectivity index (χ4n) is 1.91. The molecule has 0 fully saturated rings. The standard InChI is InChI=1S/C12H12O4S/c1-7-3-4-10-9(5-7)6-11(13)8(2)12(10)17(14,15)16/h3-6,13H,1-2H3,(H,14,15,16). The van der Waals surface area contributed by atoms with Gasteiger partial charge in [-0.2, -0.15) is 8.42 Å². The average Bonchev–Trinajstić information content (AvgIpc) is 2.18. The summed E-state index contributed by atoms with van der Waals surface area (Å²) in [6, 6.07) is 6.63. The maximum absolute atomic E-state index is 11.3. The Bertz CT molecular complexity index is 702. The zero-order chi connectivity index (χ0) is 12.8.